The minimum Gasteiger partial charge on any atom is -0.360 e. The van der Waals surface area contributed by atoms with Crippen LogP contribution in [-0.4, -0.2) is 48.7 Å². The normalized spacial score (nSPS) is 18.7. The van der Waals surface area contributed by atoms with Crippen LogP contribution in [0.5, 0.6) is 0 Å². The van der Waals surface area contributed by atoms with Crippen LogP contribution in [0.25, 0.3) is 0 Å². The quantitative estimate of drug-likeness (QED) is 0.843. The SMILES string of the molecule is Cc1cc(NC(=O)CN(C)C2CCNC2)no1.Cl. The summed E-state index contributed by atoms with van der Waals surface area (Å²) in [7, 11) is 1.96. The molecule has 1 aliphatic rings. The van der Waals surface area contributed by atoms with Gasteiger partial charge in [0, 0.05) is 18.7 Å². The van der Waals surface area contributed by atoms with Crippen molar-refractivity contribution in [2.45, 2.75) is 19.4 Å². The number of amides is 1. The Hall–Kier alpha value is -1.11. The zero-order valence-corrected chi connectivity index (χ0v) is 11.4. The maximum absolute atomic E-state index is 11.7. The molecule has 1 saturated heterocycles. The van der Waals surface area contributed by atoms with Gasteiger partial charge in [-0.1, -0.05) is 5.16 Å². The smallest absolute Gasteiger partial charge is 0.239 e. The van der Waals surface area contributed by atoms with Gasteiger partial charge in [0.1, 0.15) is 5.76 Å². The monoisotopic (exact) mass is 274 g/mol. The van der Waals surface area contributed by atoms with Crippen LogP contribution in [0.3, 0.4) is 0 Å². The van der Waals surface area contributed by atoms with Crippen LogP contribution in [0.1, 0.15) is 12.2 Å². The summed E-state index contributed by atoms with van der Waals surface area (Å²) < 4.78 is 4.88. The average Bonchev–Trinajstić information content (AvgIpc) is 2.89. The topological polar surface area (TPSA) is 70.4 Å². The number of aryl methyl sites for hydroxylation is 1. The molecule has 0 radical (unpaired) electrons. The number of rotatable bonds is 4. The highest BCUT2D eigenvalue weighted by Crippen LogP contribution is 2.08. The van der Waals surface area contributed by atoms with E-state index < -0.39 is 0 Å². The van der Waals surface area contributed by atoms with Crippen molar-refractivity contribution < 1.29 is 9.32 Å². The second kappa shape index (κ2) is 6.72. The minimum absolute atomic E-state index is 0. The summed E-state index contributed by atoms with van der Waals surface area (Å²) in [5, 5.41) is 9.71. The van der Waals surface area contributed by atoms with E-state index in [4.69, 9.17) is 4.52 Å². The van der Waals surface area contributed by atoms with Gasteiger partial charge in [0.25, 0.3) is 0 Å². The van der Waals surface area contributed by atoms with E-state index in [2.05, 4.69) is 20.7 Å². The molecule has 1 amide bonds. The molecule has 1 aromatic rings. The lowest BCUT2D eigenvalue weighted by Crippen LogP contribution is -2.39. The second-order valence-corrected chi connectivity index (χ2v) is 4.43. The van der Waals surface area contributed by atoms with Gasteiger partial charge in [-0.2, -0.15) is 0 Å². The molecule has 2 rings (SSSR count). The molecule has 102 valence electrons. The lowest BCUT2D eigenvalue weighted by atomic mass is 10.2. The summed E-state index contributed by atoms with van der Waals surface area (Å²) in [5.74, 6) is 1.10. The highest BCUT2D eigenvalue weighted by atomic mass is 35.5. The molecule has 2 N–H and O–H groups in total. The van der Waals surface area contributed by atoms with E-state index in [1.54, 1.807) is 13.0 Å². The fourth-order valence-electron chi connectivity index (χ4n) is 1.98. The zero-order valence-electron chi connectivity index (χ0n) is 10.6. The van der Waals surface area contributed by atoms with Gasteiger partial charge in [0.15, 0.2) is 5.82 Å². The Labute approximate surface area is 112 Å². The summed E-state index contributed by atoms with van der Waals surface area (Å²) in [6.07, 6.45) is 1.09. The molecule has 1 atom stereocenters. The van der Waals surface area contributed by atoms with Crippen LogP contribution < -0.4 is 10.6 Å². The van der Waals surface area contributed by atoms with Gasteiger partial charge < -0.3 is 15.2 Å². The number of nitrogens with zero attached hydrogens (tertiary/aromatic N) is 2. The van der Waals surface area contributed by atoms with Crippen molar-refractivity contribution >= 4 is 24.1 Å². The summed E-state index contributed by atoms with van der Waals surface area (Å²) >= 11 is 0. The van der Waals surface area contributed by atoms with Crippen molar-refractivity contribution in [3.8, 4) is 0 Å². The maximum atomic E-state index is 11.7. The number of likely N-dealkylation sites (N-methyl/N-ethyl adjacent to an activating group) is 1. The lowest BCUT2D eigenvalue weighted by molar-refractivity contribution is -0.117. The van der Waals surface area contributed by atoms with E-state index in [9.17, 15) is 4.79 Å². The van der Waals surface area contributed by atoms with Crippen molar-refractivity contribution in [1.82, 2.24) is 15.4 Å². The van der Waals surface area contributed by atoms with Crippen LogP contribution in [0, 0.1) is 6.92 Å². The van der Waals surface area contributed by atoms with E-state index in [0.717, 1.165) is 19.5 Å². The third-order valence-electron chi connectivity index (χ3n) is 2.95. The molecule has 18 heavy (non-hydrogen) atoms. The summed E-state index contributed by atoms with van der Waals surface area (Å²) in [6, 6.07) is 2.15. The number of aromatic nitrogens is 1. The molecule has 6 nitrogen and oxygen atoms in total. The Morgan fingerprint density at radius 2 is 2.50 bits per heavy atom. The standard InChI is InChI=1S/C11H18N4O2.ClH/c1-8-5-10(14-17-8)13-11(16)7-15(2)9-3-4-12-6-9;/h5,9,12H,3-4,6-7H2,1-2H3,(H,13,14,16);1H. The second-order valence-electron chi connectivity index (χ2n) is 4.43. The first-order valence-electron chi connectivity index (χ1n) is 5.79. The molecule has 0 aliphatic carbocycles. The lowest BCUT2D eigenvalue weighted by Gasteiger charge is -2.22. The third kappa shape index (κ3) is 3.97. The van der Waals surface area contributed by atoms with Gasteiger partial charge in [-0.15, -0.1) is 12.4 Å². The van der Waals surface area contributed by atoms with Crippen molar-refractivity contribution in [3.05, 3.63) is 11.8 Å². The molecule has 0 bridgehead atoms. The molecule has 7 heteroatoms. The zero-order chi connectivity index (χ0) is 12.3. The highest BCUT2D eigenvalue weighted by Gasteiger charge is 2.21. The van der Waals surface area contributed by atoms with Gasteiger partial charge in [-0.25, -0.2) is 0 Å². The van der Waals surface area contributed by atoms with Crippen molar-refractivity contribution in [2.75, 3.05) is 32.0 Å². The Morgan fingerprint density at radius 1 is 1.72 bits per heavy atom. The van der Waals surface area contributed by atoms with E-state index in [-0.39, 0.29) is 18.3 Å². The van der Waals surface area contributed by atoms with E-state index >= 15 is 0 Å². The Bertz CT molecular complexity index is 390. The Morgan fingerprint density at radius 3 is 3.06 bits per heavy atom. The van der Waals surface area contributed by atoms with Crippen molar-refractivity contribution in [3.63, 3.8) is 0 Å². The van der Waals surface area contributed by atoms with Crippen molar-refractivity contribution in [1.29, 1.82) is 0 Å². The highest BCUT2D eigenvalue weighted by molar-refractivity contribution is 5.91. The minimum atomic E-state index is -0.0623. The van der Waals surface area contributed by atoms with Crippen LogP contribution in [-0.2, 0) is 4.79 Å². The van der Waals surface area contributed by atoms with Gasteiger partial charge in [-0.3, -0.25) is 9.69 Å². The largest absolute Gasteiger partial charge is 0.360 e. The molecule has 1 unspecified atom stereocenters. The number of nitrogens with one attached hydrogen (secondary N) is 2. The number of halogens is 1. The predicted molar refractivity (Wildman–Crippen MR) is 71.0 cm³/mol. The first-order chi connectivity index (χ1) is 8.15. The van der Waals surface area contributed by atoms with E-state index in [0.29, 0.717) is 24.2 Å². The Kier molecular flexibility index (Phi) is 5.58. The molecule has 1 aromatic heterocycles. The summed E-state index contributed by atoms with van der Waals surface area (Å²) in [5.41, 5.74) is 0. The number of anilines is 1. The fraction of sp³-hybridized carbons (Fsp3) is 0.636. The van der Waals surface area contributed by atoms with Crippen LogP contribution >= 0.6 is 12.4 Å². The Balaban J connectivity index is 0.00000162. The first kappa shape index (κ1) is 14.9. The molecule has 0 spiro atoms. The number of hydrogen-bond donors (Lipinski definition) is 2. The molecule has 0 aromatic carbocycles. The van der Waals surface area contributed by atoms with Crippen molar-refractivity contribution in [2.24, 2.45) is 0 Å². The fourth-order valence-corrected chi connectivity index (χ4v) is 1.98. The van der Waals surface area contributed by atoms with Gasteiger partial charge in [0.2, 0.25) is 5.91 Å². The maximum Gasteiger partial charge on any atom is 0.239 e. The third-order valence-corrected chi connectivity index (χ3v) is 2.95. The molecule has 1 aliphatic heterocycles. The van der Waals surface area contributed by atoms with Crippen LogP contribution in [0.2, 0.25) is 0 Å². The molecule has 1 fully saturated rings. The number of hydrogen-bond acceptors (Lipinski definition) is 5. The van der Waals surface area contributed by atoms with E-state index in [1.807, 2.05) is 7.05 Å². The van der Waals surface area contributed by atoms with Crippen LogP contribution in [0.15, 0.2) is 10.6 Å². The van der Waals surface area contributed by atoms with Gasteiger partial charge in [-0.05, 0) is 26.9 Å². The average molecular weight is 275 g/mol. The van der Waals surface area contributed by atoms with Gasteiger partial charge >= 0.3 is 0 Å². The molecule has 0 saturated carbocycles. The molecule has 2 heterocycles. The molecular weight excluding hydrogens is 256 g/mol. The van der Waals surface area contributed by atoms with Gasteiger partial charge in [0.05, 0.1) is 6.54 Å². The number of carbonyl (C=O) groups excluding carboxylic acids is 1. The summed E-state index contributed by atoms with van der Waals surface area (Å²) in [4.78, 5) is 13.8. The predicted octanol–water partition coefficient (Wildman–Crippen LogP) is 0.637. The number of carbonyl (C=O) groups is 1. The van der Waals surface area contributed by atoms with E-state index in [1.165, 1.54) is 0 Å². The first-order valence-corrected chi connectivity index (χ1v) is 5.79. The summed E-state index contributed by atoms with van der Waals surface area (Å²) in [6.45, 7) is 4.14. The van der Waals surface area contributed by atoms with Crippen LogP contribution in [0.4, 0.5) is 5.82 Å². The molecular formula is C11H19ClN4O2.